The molecule has 0 heterocycles. The Hall–Kier alpha value is -2.55. The van der Waals surface area contributed by atoms with Crippen LogP contribution in [0, 0.1) is 0 Å². The van der Waals surface area contributed by atoms with E-state index in [1.807, 2.05) is 6.08 Å². The Morgan fingerprint density at radius 2 is 1.23 bits per heavy atom. The van der Waals surface area contributed by atoms with Crippen LogP contribution in [0.15, 0.2) is 70.9 Å². The first-order valence-corrected chi connectivity index (χ1v) is 10.8. The van der Waals surface area contributed by atoms with Crippen LogP contribution in [0.25, 0.3) is 0 Å². The van der Waals surface area contributed by atoms with Crippen LogP contribution in [-0.4, -0.2) is 17.7 Å². The second-order valence-corrected chi connectivity index (χ2v) is 8.19. The monoisotopic (exact) mass is 410 g/mol. The third-order valence-corrected chi connectivity index (χ3v) is 4.90. The molecule has 1 aromatic rings. The van der Waals surface area contributed by atoms with Crippen LogP contribution in [0.1, 0.15) is 83.5 Å². The van der Waals surface area contributed by atoms with Gasteiger partial charge < -0.3 is 9.84 Å². The molecule has 0 amide bonds. The van der Waals surface area contributed by atoms with E-state index in [0.29, 0.717) is 5.56 Å². The Bertz CT molecular complexity index is 773. The van der Waals surface area contributed by atoms with Crippen molar-refractivity contribution in [1.82, 2.24) is 0 Å². The lowest BCUT2D eigenvalue weighted by Gasteiger charge is -2.04. The van der Waals surface area contributed by atoms with E-state index in [4.69, 9.17) is 4.74 Å². The summed E-state index contributed by atoms with van der Waals surface area (Å²) in [5.74, 6) is -0.241. The first-order valence-electron chi connectivity index (χ1n) is 10.8. The van der Waals surface area contributed by atoms with E-state index < -0.39 is 0 Å². The molecule has 3 nitrogen and oxygen atoms in total. The smallest absolute Gasteiger partial charge is 0.338 e. The van der Waals surface area contributed by atoms with Gasteiger partial charge >= 0.3 is 5.97 Å². The van der Waals surface area contributed by atoms with Crippen LogP contribution in [0.2, 0.25) is 0 Å². The first kappa shape index (κ1) is 25.5. The molecule has 0 fully saturated rings. The highest BCUT2D eigenvalue weighted by Crippen LogP contribution is 2.14. The molecule has 0 saturated heterocycles. The van der Waals surface area contributed by atoms with E-state index in [2.05, 4.69) is 52.8 Å². The van der Waals surface area contributed by atoms with Gasteiger partial charge in [0.15, 0.2) is 0 Å². The second kappa shape index (κ2) is 14.4. The molecule has 0 atom stereocenters. The third-order valence-electron chi connectivity index (χ3n) is 4.90. The van der Waals surface area contributed by atoms with Gasteiger partial charge in [0.1, 0.15) is 12.4 Å². The van der Waals surface area contributed by atoms with Crippen LogP contribution < -0.4 is 0 Å². The van der Waals surface area contributed by atoms with E-state index >= 15 is 0 Å². The Morgan fingerprint density at radius 1 is 0.767 bits per heavy atom. The second-order valence-electron chi connectivity index (χ2n) is 8.19. The van der Waals surface area contributed by atoms with Crippen LogP contribution in [0.4, 0.5) is 0 Å². The van der Waals surface area contributed by atoms with Gasteiger partial charge in [-0.2, -0.15) is 0 Å². The van der Waals surface area contributed by atoms with Crippen molar-refractivity contribution in [3.8, 4) is 5.75 Å². The maximum atomic E-state index is 11.9. The SMILES string of the molecule is CC(C)=CCC/C(C)=C/CC/C(C)=C/CC/C(C)=C/COC(=O)c1ccc(O)cc1. The number of aromatic hydroxyl groups is 1. The number of carbonyl (C=O) groups is 1. The maximum Gasteiger partial charge on any atom is 0.338 e. The number of rotatable bonds is 12. The zero-order valence-electron chi connectivity index (χ0n) is 19.3. The van der Waals surface area contributed by atoms with Crippen LogP contribution in [0.3, 0.4) is 0 Å². The summed E-state index contributed by atoms with van der Waals surface area (Å²) in [7, 11) is 0. The van der Waals surface area contributed by atoms with E-state index in [0.717, 1.165) is 38.5 Å². The van der Waals surface area contributed by atoms with Gasteiger partial charge in [-0.15, -0.1) is 0 Å². The molecule has 0 aliphatic carbocycles. The van der Waals surface area contributed by atoms with Crippen molar-refractivity contribution in [3.05, 3.63) is 76.4 Å². The standard InChI is InChI=1S/C27H38O3/c1-21(2)9-6-10-22(3)11-7-12-23(4)13-8-14-24(5)19-20-30-27(29)25-15-17-26(28)18-16-25/h9,11,13,15-19,28H,6-8,10,12,14,20H2,1-5H3/b22-11+,23-13+,24-19+. The molecule has 0 bridgehead atoms. The Morgan fingerprint density at radius 3 is 1.73 bits per heavy atom. The summed E-state index contributed by atoms with van der Waals surface area (Å²) >= 11 is 0. The van der Waals surface area contributed by atoms with Gasteiger partial charge in [-0.1, -0.05) is 40.5 Å². The zero-order chi connectivity index (χ0) is 22.4. The number of allylic oxidation sites excluding steroid dienone is 7. The number of esters is 1. The molecular formula is C27H38O3. The van der Waals surface area contributed by atoms with Crippen LogP contribution in [0.5, 0.6) is 5.75 Å². The van der Waals surface area contributed by atoms with Gasteiger partial charge in [-0.05, 0) is 103 Å². The lowest BCUT2D eigenvalue weighted by molar-refractivity contribution is 0.0549. The summed E-state index contributed by atoms with van der Waals surface area (Å²) in [6, 6.07) is 6.07. The minimum atomic E-state index is -0.376. The molecule has 1 aromatic carbocycles. The van der Waals surface area contributed by atoms with E-state index in [1.54, 1.807) is 12.1 Å². The molecule has 0 aliphatic heterocycles. The summed E-state index contributed by atoms with van der Waals surface area (Å²) < 4.78 is 5.26. The predicted octanol–water partition coefficient (Wildman–Crippen LogP) is 7.69. The molecular weight excluding hydrogens is 372 g/mol. The molecule has 1 N–H and O–H groups in total. The quantitative estimate of drug-likeness (QED) is 0.284. The molecule has 30 heavy (non-hydrogen) atoms. The molecule has 0 unspecified atom stereocenters. The fraction of sp³-hybridized carbons (Fsp3) is 0.444. The minimum absolute atomic E-state index is 0.135. The van der Waals surface area contributed by atoms with Crippen molar-refractivity contribution in [2.45, 2.75) is 73.1 Å². The summed E-state index contributed by atoms with van der Waals surface area (Å²) in [5, 5.41) is 9.26. The van der Waals surface area contributed by atoms with Gasteiger partial charge in [0.25, 0.3) is 0 Å². The Labute approximate surface area is 182 Å². The fourth-order valence-electron chi connectivity index (χ4n) is 2.93. The molecule has 0 aliphatic rings. The van der Waals surface area contributed by atoms with E-state index in [1.165, 1.54) is 34.4 Å². The van der Waals surface area contributed by atoms with Gasteiger partial charge in [0, 0.05) is 0 Å². The molecule has 0 aromatic heterocycles. The molecule has 0 radical (unpaired) electrons. The van der Waals surface area contributed by atoms with Crippen molar-refractivity contribution in [2.24, 2.45) is 0 Å². The van der Waals surface area contributed by atoms with Crippen LogP contribution >= 0.6 is 0 Å². The van der Waals surface area contributed by atoms with Crippen LogP contribution in [-0.2, 0) is 4.74 Å². The van der Waals surface area contributed by atoms with Gasteiger partial charge in [-0.3, -0.25) is 0 Å². The molecule has 0 spiro atoms. The summed E-state index contributed by atoms with van der Waals surface area (Å²) in [6.45, 7) is 11.1. The normalized spacial score (nSPS) is 12.6. The fourth-order valence-corrected chi connectivity index (χ4v) is 2.93. The van der Waals surface area contributed by atoms with E-state index in [9.17, 15) is 9.90 Å². The van der Waals surface area contributed by atoms with Gasteiger partial charge in [0.05, 0.1) is 5.56 Å². The third kappa shape index (κ3) is 12.1. The first-order chi connectivity index (χ1) is 14.3. The van der Waals surface area contributed by atoms with Crippen molar-refractivity contribution >= 4 is 5.97 Å². The number of hydrogen-bond acceptors (Lipinski definition) is 3. The highest BCUT2D eigenvalue weighted by Gasteiger charge is 2.05. The van der Waals surface area contributed by atoms with Crippen molar-refractivity contribution in [1.29, 1.82) is 0 Å². The molecule has 164 valence electrons. The van der Waals surface area contributed by atoms with Crippen molar-refractivity contribution in [2.75, 3.05) is 6.61 Å². The average Bonchev–Trinajstić information content (AvgIpc) is 2.68. The number of phenolic OH excluding ortho intramolecular Hbond substituents is 1. The number of benzene rings is 1. The summed E-state index contributed by atoms with van der Waals surface area (Å²) in [5.41, 5.74) is 5.95. The van der Waals surface area contributed by atoms with Gasteiger partial charge in [-0.25, -0.2) is 4.79 Å². The highest BCUT2D eigenvalue weighted by molar-refractivity contribution is 5.89. The summed E-state index contributed by atoms with van der Waals surface area (Å²) in [6.07, 6.45) is 15.4. The van der Waals surface area contributed by atoms with Gasteiger partial charge in [0.2, 0.25) is 0 Å². The average molecular weight is 411 g/mol. The van der Waals surface area contributed by atoms with Crippen molar-refractivity contribution in [3.63, 3.8) is 0 Å². The largest absolute Gasteiger partial charge is 0.508 e. The van der Waals surface area contributed by atoms with Crippen molar-refractivity contribution < 1.29 is 14.6 Å². The number of carbonyl (C=O) groups excluding carboxylic acids is 1. The summed E-state index contributed by atoms with van der Waals surface area (Å²) in [4.78, 5) is 11.9. The number of phenols is 1. The highest BCUT2D eigenvalue weighted by atomic mass is 16.5. The predicted molar refractivity (Wildman–Crippen MR) is 127 cm³/mol. The maximum absolute atomic E-state index is 11.9. The molecule has 0 saturated carbocycles. The number of ether oxygens (including phenoxy) is 1. The topological polar surface area (TPSA) is 46.5 Å². The molecule has 1 rings (SSSR count). The van der Waals surface area contributed by atoms with E-state index in [-0.39, 0.29) is 18.3 Å². The zero-order valence-corrected chi connectivity index (χ0v) is 19.3. The Kier molecular flexibility index (Phi) is 12.3. The minimum Gasteiger partial charge on any atom is -0.508 e. The number of hydrogen-bond donors (Lipinski definition) is 1. The lowest BCUT2D eigenvalue weighted by Crippen LogP contribution is -2.05. The Balaban J connectivity index is 2.26. The molecule has 3 heteroatoms. The lowest BCUT2D eigenvalue weighted by atomic mass is 10.0.